The van der Waals surface area contributed by atoms with Crippen LogP contribution in [0.5, 0.6) is 0 Å². The number of nitrogens with two attached hydrogens (primary N) is 1. The number of amides is 2. The number of hydrazine groups is 1. The number of hydrogen-bond donors (Lipinski definition) is 4. The van der Waals surface area contributed by atoms with Crippen LogP contribution in [0.25, 0.3) is 0 Å². The van der Waals surface area contributed by atoms with E-state index in [0.29, 0.717) is 13.0 Å². The zero-order valence-electron chi connectivity index (χ0n) is 11.1. The maximum Gasteiger partial charge on any atom is 0.294 e. The number of carbonyl (C=O) groups excluding carboxylic acids is 2. The van der Waals surface area contributed by atoms with Gasteiger partial charge < -0.3 is 16.1 Å². The lowest BCUT2D eigenvalue weighted by Crippen LogP contribution is -2.50. The Morgan fingerprint density at radius 3 is 2.86 bits per heavy atom. The topological polar surface area (TPSA) is 139 Å². The predicted octanol–water partition coefficient (Wildman–Crippen LogP) is -0.111. The van der Waals surface area contributed by atoms with Crippen LogP contribution in [0.15, 0.2) is 18.2 Å². The highest BCUT2D eigenvalue weighted by Crippen LogP contribution is 2.24. The largest absolute Gasteiger partial charge is 0.354 e. The molecule has 0 aromatic heterocycles. The van der Waals surface area contributed by atoms with Crippen LogP contribution in [-0.4, -0.2) is 29.3 Å². The van der Waals surface area contributed by atoms with Crippen molar-refractivity contribution in [3.63, 3.8) is 0 Å². The van der Waals surface area contributed by atoms with E-state index in [1.54, 1.807) is 0 Å². The van der Waals surface area contributed by atoms with Gasteiger partial charge >= 0.3 is 0 Å². The fourth-order valence-electron chi connectivity index (χ4n) is 2.10. The minimum absolute atomic E-state index is 0.0964. The lowest BCUT2D eigenvalue weighted by atomic mass is 10.1. The summed E-state index contributed by atoms with van der Waals surface area (Å²) in [5.74, 6) is 4.39. The summed E-state index contributed by atoms with van der Waals surface area (Å²) in [4.78, 5) is 33.9. The van der Waals surface area contributed by atoms with Gasteiger partial charge in [-0.2, -0.15) is 0 Å². The van der Waals surface area contributed by atoms with Gasteiger partial charge in [0.1, 0.15) is 11.7 Å². The fraction of sp³-hybridized carbons (Fsp3) is 0.333. The average molecular weight is 293 g/mol. The van der Waals surface area contributed by atoms with Crippen molar-refractivity contribution in [2.24, 2.45) is 5.84 Å². The van der Waals surface area contributed by atoms with Gasteiger partial charge in [0.15, 0.2) is 0 Å². The number of nitrogen functional groups attached to an aromatic ring is 1. The standard InChI is InChI=1S/C12H15N5O4/c13-16-8-4-3-7(6-10(8)17(20)21)11(18)15-9-2-1-5-14-12(9)19/h3-4,6,9,16H,1-2,5,13H2,(H,14,19)(H,15,18). The van der Waals surface area contributed by atoms with Gasteiger partial charge in [-0.1, -0.05) is 0 Å². The maximum absolute atomic E-state index is 12.1. The Morgan fingerprint density at radius 1 is 1.48 bits per heavy atom. The van der Waals surface area contributed by atoms with Crippen LogP contribution in [0, 0.1) is 10.1 Å². The smallest absolute Gasteiger partial charge is 0.294 e. The molecule has 1 unspecified atom stereocenters. The molecule has 2 rings (SSSR count). The summed E-state index contributed by atoms with van der Waals surface area (Å²) in [7, 11) is 0. The Hall–Kier alpha value is -2.68. The first-order chi connectivity index (χ1) is 10.0. The molecule has 9 nitrogen and oxygen atoms in total. The van der Waals surface area contributed by atoms with E-state index in [1.165, 1.54) is 12.1 Å². The van der Waals surface area contributed by atoms with Crippen LogP contribution < -0.4 is 21.9 Å². The fourth-order valence-corrected chi connectivity index (χ4v) is 2.10. The van der Waals surface area contributed by atoms with E-state index in [0.717, 1.165) is 12.5 Å². The molecule has 0 spiro atoms. The highest BCUT2D eigenvalue weighted by Gasteiger charge is 2.25. The molecule has 0 aliphatic carbocycles. The Bertz CT molecular complexity index is 589. The molecule has 1 atom stereocenters. The van der Waals surface area contributed by atoms with Crippen molar-refractivity contribution in [2.75, 3.05) is 12.0 Å². The highest BCUT2D eigenvalue weighted by atomic mass is 16.6. The van der Waals surface area contributed by atoms with Gasteiger partial charge in [-0.25, -0.2) is 0 Å². The molecule has 1 aromatic carbocycles. The second-order valence-corrected chi connectivity index (χ2v) is 4.59. The lowest BCUT2D eigenvalue weighted by Gasteiger charge is -2.22. The molecule has 2 amide bonds. The van der Waals surface area contributed by atoms with Crippen molar-refractivity contribution in [3.8, 4) is 0 Å². The predicted molar refractivity (Wildman–Crippen MR) is 74.4 cm³/mol. The number of piperidine rings is 1. The van der Waals surface area contributed by atoms with Gasteiger partial charge in [0.25, 0.3) is 11.6 Å². The second-order valence-electron chi connectivity index (χ2n) is 4.59. The van der Waals surface area contributed by atoms with Gasteiger partial charge in [-0.15, -0.1) is 0 Å². The Morgan fingerprint density at radius 2 is 2.24 bits per heavy atom. The van der Waals surface area contributed by atoms with Crippen molar-refractivity contribution in [1.29, 1.82) is 0 Å². The van der Waals surface area contributed by atoms with E-state index in [2.05, 4.69) is 16.1 Å². The molecule has 0 bridgehead atoms. The van der Waals surface area contributed by atoms with Gasteiger partial charge in [-0.05, 0) is 25.0 Å². The first-order valence-corrected chi connectivity index (χ1v) is 6.36. The third-order valence-electron chi connectivity index (χ3n) is 3.20. The van der Waals surface area contributed by atoms with E-state index < -0.39 is 16.9 Å². The van der Waals surface area contributed by atoms with Crippen molar-refractivity contribution in [1.82, 2.24) is 10.6 Å². The second kappa shape index (κ2) is 6.18. The molecule has 0 radical (unpaired) electrons. The highest BCUT2D eigenvalue weighted by molar-refractivity contribution is 5.98. The molecule has 21 heavy (non-hydrogen) atoms. The van der Waals surface area contributed by atoms with E-state index in [1.807, 2.05) is 0 Å². The number of nitrogens with one attached hydrogen (secondary N) is 3. The molecule has 112 valence electrons. The molecule has 1 heterocycles. The summed E-state index contributed by atoms with van der Waals surface area (Å²) in [5, 5.41) is 16.1. The molecule has 9 heteroatoms. The SMILES string of the molecule is NNc1ccc(C(=O)NC2CCCNC2=O)cc1[N+](=O)[O-]. The summed E-state index contributed by atoms with van der Waals surface area (Å²) < 4.78 is 0. The monoisotopic (exact) mass is 293 g/mol. The van der Waals surface area contributed by atoms with Crippen molar-refractivity contribution in [2.45, 2.75) is 18.9 Å². The Balaban J connectivity index is 2.17. The number of carbonyl (C=O) groups is 2. The molecule has 1 saturated heterocycles. The van der Waals surface area contributed by atoms with E-state index >= 15 is 0 Å². The minimum Gasteiger partial charge on any atom is -0.354 e. The number of hydrogen-bond acceptors (Lipinski definition) is 6. The zero-order chi connectivity index (χ0) is 15.4. The van der Waals surface area contributed by atoms with Crippen molar-refractivity contribution >= 4 is 23.2 Å². The summed E-state index contributed by atoms with van der Waals surface area (Å²) in [6.45, 7) is 0.591. The summed E-state index contributed by atoms with van der Waals surface area (Å²) in [6, 6.07) is 3.25. The first-order valence-electron chi connectivity index (χ1n) is 6.36. The van der Waals surface area contributed by atoms with Crippen LogP contribution in [-0.2, 0) is 4.79 Å². The van der Waals surface area contributed by atoms with Crippen LogP contribution >= 0.6 is 0 Å². The summed E-state index contributed by atoms with van der Waals surface area (Å²) in [6.07, 6.45) is 1.31. The van der Waals surface area contributed by atoms with E-state index in [9.17, 15) is 19.7 Å². The summed E-state index contributed by atoms with van der Waals surface area (Å²) >= 11 is 0. The van der Waals surface area contributed by atoms with Gasteiger partial charge in [0, 0.05) is 18.2 Å². The van der Waals surface area contributed by atoms with Crippen LogP contribution in [0.1, 0.15) is 23.2 Å². The van der Waals surface area contributed by atoms with Crippen molar-refractivity contribution < 1.29 is 14.5 Å². The molecular formula is C12H15N5O4. The summed E-state index contributed by atoms with van der Waals surface area (Å²) in [5.41, 5.74) is 2.09. The number of nitrogens with zero attached hydrogens (tertiary/aromatic N) is 1. The molecule has 0 saturated carbocycles. The third kappa shape index (κ3) is 3.26. The molecular weight excluding hydrogens is 278 g/mol. The number of anilines is 1. The maximum atomic E-state index is 12.1. The Kier molecular flexibility index (Phi) is 4.33. The van der Waals surface area contributed by atoms with Crippen LogP contribution in [0.2, 0.25) is 0 Å². The molecule has 1 aliphatic rings. The van der Waals surface area contributed by atoms with Crippen molar-refractivity contribution in [3.05, 3.63) is 33.9 Å². The zero-order valence-corrected chi connectivity index (χ0v) is 11.1. The van der Waals surface area contributed by atoms with Gasteiger partial charge in [0.2, 0.25) is 5.91 Å². The number of nitro benzene ring substituents is 1. The normalized spacial score (nSPS) is 17.8. The quantitative estimate of drug-likeness (QED) is 0.347. The molecule has 1 fully saturated rings. The van der Waals surface area contributed by atoms with E-state index in [4.69, 9.17) is 5.84 Å². The van der Waals surface area contributed by atoms with Gasteiger partial charge in [-0.3, -0.25) is 25.5 Å². The minimum atomic E-state index is -0.640. The lowest BCUT2D eigenvalue weighted by molar-refractivity contribution is -0.384. The third-order valence-corrected chi connectivity index (χ3v) is 3.20. The van der Waals surface area contributed by atoms with E-state index in [-0.39, 0.29) is 22.8 Å². The average Bonchev–Trinajstić information content (AvgIpc) is 2.48. The number of nitro groups is 1. The molecule has 1 aromatic rings. The molecule has 5 N–H and O–H groups in total. The van der Waals surface area contributed by atoms with Crippen LogP contribution in [0.3, 0.4) is 0 Å². The number of rotatable bonds is 4. The first kappa shape index (κ1) is 14.7. The Labute approximate surface area is 120 Å². The molecule has 1 aliphatic heterocycles. The number of benzene rings is 1. The van der Waals surface area contributed by atoms with Gasteiger partial charge in [0.05, 0.1) is 4.92 Å². The van der Waals surface area contributed by atoms with Crippen LogP contribution in [0.4, 0.5) is 11.4 Å².